The minimum Gasteiger partial charge on any atom is -0.134 e. The van der Waals surface area contributed by atoms with Crippen LogP contribution in [-0.2, 0) is 0 Å². The molecule has 5 rings (SSSR count). The molecule has 0 spiro atoms. The van der Waals surface area contributed by atoms with Crippen molar-refractivity contribution in [2.45, 2.75) is 0 Å². The third-order valence-corrected chi connectivity index (χ3v) is 6.77. The number of benzene rings is 3. The summed E-state index contributed by atoms with van der Waals surface area (Å²) in [5, 5.41) is 5.91. The average molecular weight is 325 g/mol. The molecule has 5 aromatic rings. The quantitative estimate of drug-likeness (QED) is 0.285. The maximum Gasteiger partial charge on any atom is 0.0549 e. The molecule has 100 valence electrons. The van der Waals surface area contributed by atoms with Gasteiger partial charge in [0.2, 0.25) is 0 Å². The van der Waals surface area contributed by atoms with Gasteiger partial charge in [-0.1, -0.05) is 48.0 Å². The van der Waals surface area contributed by atoms with Gasteiger partial charge in [0, 0.05) is 30.9 Å². The number of fused-ring (bicyclic) bond motifs is 7. The zero-order valence-corrected chi connectivity index (χ0v) is 13.3. The molecular weight excluding hydrogens is 316 g/mol. The molecule has 0 atom stereocenters. The summed E-state index contributed by atoms with van der Waals surface area (Å²) in [4.78, 5) is 0. The topological polar surface area (TPSA) is 0 Å². The largest absolute Gasteiger partial charge is 0.134 e. The molecular formula is C18H9ClS2. The summed E-state index contributed by atoms with van der Waals surface area (Å²) in [6.45, 7) is 0. The molecule has 0 saturated heterocycles. The van der Waals surface area contributed by atoms with Gasteiger partial charge in [-0.25, -0.2) is 0 Å². The van der Waals surface area contributed by atoms with E-state index in [4.69, 9.17) is 11.6 Å². The Morgan fingerprint density at radius 2 is 1.29 bits per heavy atom. The summed E-state index contributed by atoms with van der Waals surface area (Å²) in [6, 6.07) is 19.2. The third kappa shape index (κ3) is 1.55. The molecule has 0 nitrogen and oxygen atoms in total. The number of hydrogen-bond donors (Lipinski definition) is 0. The van der Waals surface area contributed by atoms with E-state index >= 15 is 0 Å². The predicted octanol–water partition coefficient (Wildman–Crippen LogP) is 7.08. The molecule has 2 aromatic heterocycles. The van der Waals surface area contributed by atoms with Gasteiger partial charge < -0.3 is 0 Å². The first-order valence-corrected chi connectivity index (χ1v) is 8.75. The van der Waals surface area contributed by atoms with Gasteiger partial charge in [-0.05, 0) is 18.2 Å². The second-order valence-electron chi connectivity index (χ2n) is 5.14. The first-order chi connectivity index (χ1) is 10.3. The zero-order chi connectivity index (χ0) is 14.0. The van der Waals surface area contributed by atoms with Crippen molar-refractivity contribution in [2.75, 3.05) is 0 Å². The summed E-state index contributed by atoms with van der Waals surface area (Å²) < 4.78 is 5.31. The van der Waals surface area contributed by atoms with Gasteiger partial charge >= 0.3 is 0 Å². The van der Waals surface area contributed by atoms with Crippen LogP contribution in [0.5, 0.6) is 0 Å². The van der Waals surface area contributed by atoms with Crippen LogP contribution in [0.3, 0.4) is 0 Å². The summed E-state index contributed by atoms with van der Waals surface area (Å²) in [6.07, 6.45) is 0. The van der Waals surface area contributed by atoms with Crippen molar-refractivity contribution in [3.05, 3.63) is 59.6 Å². The first-order valence-electron chi connectivity index (χ1n) is 6.74. The SMILES string of the molecule is Clc1cc2c3ccccc3sc2c2sc3ccccc3c12. The number of hydrogen-bond acceptors (Lipinski definition) is 2. The fraction of sp³-hybridized carbons (Fsp3) is 0. The Labute approximate surface area is 134 Å². The molecule has 0 radical (unpaired) electrons. The van der Waals surface area contributed by atoms with Crippen LogP contribution in [0.4, 0.5) is 0 Å². The van der Waals surface area contributed by atoms with Crippen LogP contribution >= 0.6 is 34.3 Å². The van der Waals surface area contributed by atoms with Crippen molar-refractivity contribution in [2.24, 2.45) is 0 Å². The van der Waals surface area contributed by atoms with Gasteiger partial charge in [-0.15, -0.1) is 22.7 Å². The molecule has 0 unspecified atom stereocenters. The van der Waals surface area contributed by atoms with Crippen LogP contribution < -0.4 is 0 Å². The Kier molecular flexibility index (Phi) is 2.40. The standard InChI is InChI=1S/C18H9ClS2/c19-13-9-12-10-5-1-3-7-14(10)20-17(12)18-16(13)11-6-2-4-8-15(11)21-18/h1-9H. The van der Waals surface area contributed by atoms with Gasteiger partial charge in [0.25, 0.3) is 0 Å². The minimum absolute atomic E-state index is 0.860. The second kappa shape index (κ2) is 4.20. The molecule has 0 aliphatic heterocycles. The molecule has 0 fully saturated rings. The number of rotatable bonds is 0. The summed E-state index contributed by atoms with van der Waals surface area (Å²) >= 11 is 10.3. The fourth-order valence-corrected chi connectivity index (χ4v) is 5.93. The lowest BCUT2D eigenvalue weighted by atomic mass is 10.1. The van der Waals surface area contributed by atoms with Crippen molar-refractivity contribution in [3.63, 3.8) is 0 Å². The van der Waals surface area contributed by atoms with Crippen molar-refractivity contribution in [3.8, 4) is 0 Å². The van der Waals surface area contributed by atoms with E-state index in [0.29, 0.717) is 0 Å². The van der Waals surface area contributed by atoms with Crippen LogP contribution in [-0.4, -0.2) is 0 Å². The van der Waals surface area contributed by atoms with E-state index in [1.807, 2.05) is 22.7 Å². The van der Waals surface area contributed by atoms with E-state index in [0.717, 1.165) is 5.02 Å². The van der Waals surface area contributed by atoms with E-state index < -0.39 is 0 Å². The molecule has 0 N–H and O–H groups in total. The molecule has 2 heterocycles. The van der Waals surface area contributed by atoms with Crippen molar-refractivity contribution >= 4 is 74.6 Å². The molecule has 0 amide bonds. The van der Waals surface area contributed by atoms with Crippen molar-refractivity contribution in [1.29, 1.82) is 0 Å². The Morgan fingerprint density at radius 1 is 0.667 bits per heavy atom. The van der Waals surface area contributed by atoms with Gasteiger partial charge in [0.1, 0.15) is 0 Å². The van der Waals surface area contributed by atoms with E-state index in [2.05, 4.69) is 54.6 Å². The lowest BCUT2D eigenvalue weighted by molar-refractivity contribution is 1.86. The summed E-state index contributed by atoms with van der Waals surface area (Å²) in [7, 11) is 0. The highest BCUT2D eigenvalue weighted by Crippen LogP contribution is 2.47. The van der Waals surface area contributed by atoms with Crippen LogP contribution in [0.15, 0.2) is 54.6 Å². The van der Waals surface area contributed by atoms with E-state index in [-0.39, 0.29) is 0 Å². The van der Waals surface area contributed by atoms with Gasteiger partial charge in [-0.3, -0.25) is 0 Å². The second-order valence-corrected chi connectivity index (χ2v) is 7.65. The smallest absolute Gasteiger partial charge is 0.0549 e. The van der Waals surface area contributed by atoms with Gasteiger partial charge in [0.05, 0.1) is 14.4 Å². The maximum absolute atomic E-state index is 6.62. The predicted molar refractivity (Wildman–Crippen MR) is 97.2 cm³/mol. The molecule has 0 aliphatic rings. The summed E-state index contributed by atoms with van der Waals surface area (Å²) in [5.41, 5.74) is 0. The van der Waals surface area contributed by atoms with Crippen molar-refractivity contribution < 1.29 is 0 Å². The monoisotopic (exact) mass is 324 g/mol. The Morgan fingerprint density at radius 3 is 2.10 bits per heavy atom. The molecule has 3 aromatic carbocycles. The minimum atomic E-state index is 0.860. The normalized spacial score (nSPS) is 12.0. The van der Waals surface area contributed by atoms with Gasteiger partial charge in [0.15, 0.2) is 0 Å². The van der Waals surface area contributed by atoms with Crippen molar-refractivity contribution in [1.82, 2.24) is 0 Å². The van der Waals surface area contributed by atoms with Crippen LogP contribution in [0.25, 0.3) is 40.3 Å². The molecule has 3 heteroatoms. The lowest BCUT2D eigenvalue weighted by Crippen LogP contribution is -1.71. The molecule has 0 bridgehead atoms. The highest BCUT2D eigenvalue weighted by molar-refractivity contribution is 7.33. The van der Waals surface area contributed by atoms with Crippen LogP contribution in [0.1, 0.15) is 0 Å². The number of halogens is 1. The average Bonchev–Trinajstić information content (AvgIpc) is 3.06. The molecule has 0 aliphatic carbocycles. The highest BCUT2D eigenvalue weighted by atomic mass is 35.5. The Hall–Kier alpha value is -1.61. The van der Waals surface area contributed by atoms with Crippen LogP contribution in [0.2, 0.25) is 5.02 Å². The summed E-state index contributed by atoms with van der Waals surface area (Å²) in [5.74, 6) is 0. The first kappa shape index (κ1) is 12.0. The lowest BCUT2D eigenvalue weighted by Gasteiger charge is -1.98. The van der Waals surface area contributed by atoms with E-state index in [1.165, 1.54) is 40.3 Å². The zero-order valence-electron chi connectivity index (χ0n) is 10.9. The van der Waals surface area contributed by atoms with Crippen LogP contribution in [0, 0.1) is 0 Å². The van der Waals surface area contributed by atoms with E-state index in [9.17, 15) is 0 Å². The maximum atomic E-state index is 6.62. The Balaban J connectivity index is 2.14. The highest BCUT2D eigenvalue weighted by Gasteiger charge is 2.15. The molecule has 0 saturated carbocycles. The number of thiophene rings is 2. The fourth-order valence-electron chi connectivity index (χ4n) is 3.02. The van der Waals surface area contributed by atoms with Gasteiger partial charge in [-0.2, -0.15) is 0 Å². The molecule has 21 heavy (non-hydrogen) atoms. The third-order valence-electron chi connectivity index (χ3n) is 3.95. The Bertz CT molecular complexity index is 1150. The van der Waals surface area contributed by atoms with E-state index in [1.54, 1.807) is 0 Å².